The second kappa shape index (κ2) is 4.80. The molecule has 1 saturated heterocycles. The standard InChI is InChI=1S/C12H19N3O/c1-9-11(4-6-16-9)15(2)12-7-10(8-13)3-5-14-12/h3,5,7,9,11H,4,6,8,13H2,1-2H3. The van der Waals surface area contributed by atoms with Gasteiger partial charge in [0.05, 0.1) is 12.1 Å². The first-order valence-corrected chi connectivity index (χ1v) is 5.72. The van der Waals surface area contributed by atoms with E-state index in [1.807, 2.05) is 18.3 Å². The average molecular weight is 221 g/mol. The highest BCUT2D eigenvalue weighted by molar-refractivity contribution is 5.41. The van der Waals surface area contributed by atoms with Crippen molar-refractivity contribution in [3.8, 4) is 0 Å². The molecule has 2 rings (SSSR count). The van der Waals surface area contributed by atoms with Crippen LogP contribution in [0.3, 0.4) is 0 Å². The summed E-state index contributed by atoms with van der Waals surface area (Å²) in [7, 11) is 2.07. The van der Waals surface area contributed by atoms with Gasteiger partial charge >= 0.3 is 0 Å². The lowest BCUT2D eigenvalue weighted by Gasteiger charge is -2.27. The molecule has 16 heavy (non-hydrogen) atoms. The summed E-state index contributed by atoms with van der Waals surface area (Å²) in [5.41, 5.74) is 6.74. The Hall–Kier alpha value is -1.13. The molecule has 1 aromatic heterocycles. The maximum atomic E-state index is 5.63. The SMILES string of the molecule is CC1OCCC1N(C)c1cc(CN)ccn1. The molecule has 1 aliphatic rings. The highest BCUT2D eigenvalue weighted by atomic mass is 16.5. The van der Waals surface area contributed by atoms with E-state index in [2.05, 4.69) is 23.9 Å². The number of anilines is 1. The third-order valence-corrected chi connectivity index (χ3v) is 3.24. The highest BCUT2D eigenvalue weighted by Crippen LogP contribution is 2.23. The fourth-order valence-electron chi connectivity index (χ4n) is 2.18. The van der Waals surface area contributed by atoms with Crippen molar-refractivity contribution in [2.45, 2.75) is 32.0 Å². The fourth-order valence-corrected chi connectivity index (χ4v) is 2.18. The van der Waals surface area contributed by atoms with E-state index in [4.69, 9.17) is 10.5 Å². The van der Waals surface area contributed by atoms with Crippen LogP contribution in [0.25, 0.3) is 0 Å². The predicted octanol–water partition coefficient (Wildman–Crippen LogP) is 1.15. The number of likely N-dealkylation sites (N-methyl/N-ethyl adjacent to an activating group) is 1. The third kappa shape index (κ3) is 2.18. The maximum absolute atomic E-state index is 5.63. The first-order chi connectivity index (χ1) is 7.72. The normalized spacial score (nSPS) is 24.7. The van der Waals surface area contributed by atoms with Gasteiger partial charge in [-0.15, -0.1) is 0 Å². The number of ether oxygens (including phenoxy) is 1. The van der Waals surface area contributed by atoms with E-state index in [9.17, 15) is 0 Å². The predicted molar refractivity (Wildman–Crippen MR) is 64.4 cm³/mol. The lowest BCUT2D eigenvalue weighted by atomic mass is 10.1. The van der Waals surface area contributed by atoms with E-state index >= 15 is 0 Å². The van der Waals surface area contributed by atoms with Crippen LogP contribution in [0.2, 0.25) is 0 Å². The zero-order valence-corrected chi connectivity index (χ0v) is 9.89. The second-order valence-corrected chi connectivity index (χ2v) is 4.27. The zero-order chi connectivity index (χ0) is 11.5. The summed E-state index contributed by atoms with van der Waals surface area (Å²) in [4.78, 5) is 6.57. The molecule has 4 heteroatoms. The number of nitrogens with two attached hydrogens (primary N) is 1. The molecule has 0 amide bonds. The Kier molecular flexibility index (Phi) is 3.41. The summed E-state index contributed by atoms with van der Waals surface area (Å²) in [6.07, 6.45) is 3.15. The largest absolute Gasteiger partial charge is 0.376 e. The van der Waals surface area contributed by atoms with E-state index in [1.165, 1.54) is 0 Å². The van der Waals surface area contributed by atoms with Crippen LogP contribution in [-0.4, -0.2) is 30.8 Å². The second-order valence-electron chi connectivity index (χ2n) is 4.27. The van der Waals surface area contributed by atoms with E-state index in [1.54, 1.807) is 0 Å². The van der Waals surface area contributed by atoms with Crippen LogP contribution in [0.4, 0.5) is 5.82 Å². The van der Waals surface area contributed by atoms with Crippen LogP contribution >= 0.6 is 0 Å². The van der Waals surface area contributed by atoms with Crippen molar-refractivity contribution < 1.29 is 4.74 Å². The Morgan fingerprint density at radius 2 is 2.44 bits per heavy atom. The minimum absolute atomic E-state index is 0.272. The van der Waals surface area contributed by atoms with Gasteiger partial charge in [-0.2, -0.15) is 0 Å². The Bertz CT molecular complexity index is 356. The summed E-state index contributed by atoms with van der Waals surface area (Å²) >= 11 is 0. The summed E-state index contributed by atoms with van der Waals surface area (Å²) in [6.45, 7) is 3.51. The van der Waals surface area contributed by atoms with Crippen LogP contribution in [0.5, 0.6) is 0 Å². The van der Waals surface area contributed by atoms with Crippen molar-refractivity contribution in [3.63, 3.8) is 0 Å². The maximum Gasteiger partial charge on any atom is 0.128 e. The van der Waals surface area contributed by atoms with Crippen molar-refractivity contribution in [3.05, 3.63) is 23.9 Å². The minimum Gasteiger partial charge on any atom is -0.376 e. The summed E-state index contributed by atoms with van der Waals surface area (Å²) < 4.78 is 5.57. The smallest absolute Gasteiger partial charge is 0.128 e. The number of pyridine rings is 1. The first kappa shape index (κ1) is 11.4. The van der Waals surface area contributed by atoms with Crippen molar-refractivity contribution in [1.29, 1.82) is 0 Å². The molecule has 1 fully saturated rings. The van der Waals surface area contributed by atoms with E-state index in [0.717, 1.165) is 24.4 Å². The molecule has 2 heterocycles. The zero-order valence-electron chi connectivity index (χ0n) is 9.89. The Balaban J connectivity index is 2.16. The van der Waals surface area contributed by atoms with Crippen LogP contribution in [0.1, 0.15) is 18.9 Å². The molecule has 0 spiro atoms. The quantitative estimate of drug-likeness (QED) is 0.832. The van der Waals surface area contributed by atoms with Gasteiger partial charge in [-0.1, -0.05) is 0 Å². The number of nitrogens with zero attached hydrogens (tertiary/aromatic N) is 2. The van der Waals surface area contributed by atoms with Crippen LogP contribution < -0.4 is 10.6 Å². The van der Waals surface area contributed by atoms with Gasteiger partial charge in [-0.05, 0) is 31.0 Å². The molecule has 0 radical (unpaired) electrons. The molecular weight excluding hydrogens is 202 g/mol. The van der Waals surface area contributed by atoms with Gasteiger partial charge in [0, 0.05) is 26.4 Å². The fraction of sp³-hybridized carbons (Fsp3) is 0.583. The van der Waals surface area contributed by atoms with Crippen molar-refractivity contribution >= 4 is 5.82 Å². The molecule has 2 N–H and O–H groups in total. The number of hydrogen-bond donors (Lipinski definition) is 1. The number of hydrogen-bond acceptors (Lipinski definition) is 4. The Morgan fingerprint density at radius 1 is 1.62 bits per heavy atom. The minimum atomic E-state index is 0.272. The van der Waals surface area contributed by atoms with Gasteiger partial charge in [0.1, 0.15) is 5.82 Å². The van der Waals surface area contributed by atoms with E-state index in [0.29, 0.717) is 12.6 Å². The van der Waals surface area contributed by atoms with Gasteiger partial charge in [-0.25, -0.2) is 4.98 Å². The summed E-state index contributed by atoms with van der Waals surface area (Å²) in [5, 5.41) is 0. The molecule has 0 saturated carbocycles. The van der Waals surface area contributed by atoms with Crippen molar-refractivity contribution in [2.24, 2.45) is 5.73 Å². The van der Waals surface area contributed by atoms with Gasteiger partial charge in [-0.3, -0.25) is 0 Å². The third-order valence-electron chi connectivity index (χ3n) is 3.24. The van der Waals surface area contributed by atoms with Crippen LogP contribution in [0, 0.1) is 0 Å². The van der Waals surface area contributed by atoms with Crippen molar-refractivity contribution in [1.82, 2.24) is 4.98 Å². The van der Waals surface area contributed by atoms with Gasteiger partial charge < -0.3 is 15.4 Å². The highest BCUT2D eigenvalue weighted by Gasteiger charge is 2.28. The molecule has 0 aliphatic carbocycles. The lowest BCUT2D eigenvalue weighted by molar-refractivity contribution is 0.118. The van der Waals surface area contributed by atoms with E-state index < -0.39 is 0 Å². The molecule has 0 bridgehead atoms. The number of aromatic nitrogens is 1. The Labute approximate surface area is 96.4 Å². The first-order valence-electron chi connectivity index (χ1n) is 5.72. The topological polar surface area (TPSA) is 51.4 Å². The molecule has 1 aromatic rings. The molecule has 0 aromatic carbocycles. The molecule has 1 aliphatic heterocycles. The van der Waals surface area contributed by atoms with Crippen LogP contribution in [-0.2, 0) is 11.3 Å². The summed E-state index contributed by atoms with van der Waals surface area (Å²) in [6, 6.07) is 4.41. The van der Waals surface area contributed by atoms with Gasteiger partial charge in [0.25, 0.3) is 0 Å². The monoisotopic (exact) mass is 221 g/mol. The molecular formula is C12H19N3O. The molecule has 2 unspecified atom stereocenters. The Morgan fingerprint density at radius 3 is 3.06 bits per heavy atom. The van der Waals surface area contributed by atoms with Gasteiger partial charge in [0.15, 0.2) is 0 Å². The number of rotatable bonds is 3. The average Bonchev–Trinajstić information content (AvgIpc) is 2.74. The van der Waals surface area contributed by atoms with E-state index in [-0.39, 0.29) is 6.10 Å². The van der Waals surface area contributed by atoms with Gasteiger partial charge in [0.2, 0.25) is 0 Å². The molecule has 2 atom stereocenters. The van der Waals surface area contributed by atoms with Crippen LogP contribution in [0.15, 0.2) is 18.3 Å². The van der Waals surface area contributed by atoms with Crippen molar-refractivity contribution in [2.75, 3.05) is 18.6 Å². The summed E-state index contributed by atoms with van der Waals surface area (Å²) in [5.74, 6) is 0.977. The molecule has 4 nitrogen and oxygen atoms in total. The lowest BCUT2D eigenvalue weighted by Crippen LogP contribution is -2.37. The molecule has 88 valence electrons.